The highest BCUT2D eigenvalue weighted by Crippen LogP contribution is 2.28. The molecule has 1 fully saturated rings. The van der Waals surface area contributed by atoms with Gasteiger partial charge in [-0.15, -0.1) is 0 Å². The Morgan fingerprint density at radius 2 is 1.71 bits per heavy atom. The number of rotatable bonds is 10. The number of esters is 1. The molecular formula is C30H38N4O7. The van der Waals surface area contributed by atoms with Gasteiger partial charge in [0, 0.05) is 25.6 Å². The van der Waals surface area contributed by atoms with Crippen molar-refractivity contribution in [2.45, 2.75) is 52.6 Å². The third-order valence-electron chi connectivity index (χ3n) is 6.74. The van der Waals surface area contributed by atoms with Crippen molar-refractivity contribution in [2.75, 3.05) is 26.3 Å². The van der Waals surface area contributed by atoms with E-state index in [1.54, 1.807) is 51.1 Å². The largest absolute Gasteiger partial charge is 0.494 e. The number of carbonyl (C=O) groups is 3. The fraction of sp³-hybridized carbons (Fsp3) is 0.433. The molecule has 0 bridgehead atoms. The molecule has 41 heavy (non-hydrogen) atoms. The molecule has 11 heteroatoms. The van der Waals surface area contributed by atoms with E-state index in [0.717, 1.165) is 32.4 Å². The Kier molecular flexibility index (Phi) is 10.5. The van der Waals surface area contributed by atoms with Gasteiger partial charge in [0.25, 0.3) is 0 Å². The Morgan fingerprint density at radius 3 is 2.34 bits per heavy atom. The maximum Gasteiger partial charge on any atom is 0.413 e. The summed E-state index contributed by atoms with van der Waals surface area (Å²) >= 11 is 0. The number of carboxylic acid groups (broad SMARTS) is 1. The summed E-state index contributed by atoms with van der Waals surface area (Å²) in [6.07, 6.45) is 1.94. The second-order valence-corrected chi connectivity index (χ2v) is 10.7. The number of alkyl carbamates (subject to hydrolysis) is 1. The summed E-state index contributed by atoms with van der Waals surface area (Å²) < 4.78 is 16.2. The van der Waals surface area contributed by atoms with Crippen LogP contribution in [0, 0.1) is 16.7 Å². The lowest BCUT2D eigenvalue weighted by atomic mass is 9.94. The van der Waals surface area contributed by atoms with Crippen molar-refractivity contribution in [2.24, 2.45) is 5.92 Å². The van der Waals surface area contributed by atoms with Crippen molar-refractivity contribution in [1.29, 1.82) is 10.8 Å². The maximum absolute atomic E-state index is 12.4. The first-order chi connectivity index (χ1) is 19.3. The molecule has 0 radical (unpaired) electrons. The van der Waals surface area contributed by atoms with Crippen LogP contribution in [-0.4, -0.2) is 71.6 Å². The summed E-state index contributed by atoms with van der Waals surface area (Å²) in [5.74, 6) is -0.284. The Bertz CT molecular complexity index is 1300. The van der Waals surface area contributed by atoms with Gasteiger partial charge >= 0.3 is 18.0 Å². The number of carbonyl (C=O) groups excluding carboxylic acids is 2. The van der Waals surface area contributed by atoms with Gasteiger partial charge in [0.2, 0.25) is 0 Å². The van der Waals surface area contributed by atoms with Gasteiger partial charge in [-0.25, -0.2) is 9.59 Å². The molecule has 0 aromatic heterocycles. The summed E-state index contributed by atoms with van der Waals surface area (Å²) in [7, 11) is 0. The number of hydrogen-bond donors (Lipinski definition) is 4. The van der Waals surface area contributed by atoms with Crippen LogP contribution in [0.1, 0.15) is 62.9 Å². The zero-order valence-electron chi connectivity index (χ0n) is 23.9. The lowest BCUT2D eigenvalue weighted by Gasteiger charge is -2.32. The Balaban J connectivity index is 1.67. The first kappa shape index (κ1) is 31.1. The van der Waals surface area contributed by atoms with Crippen molar-refractivity contribution in [3.63, 3.8) is 0 Å². The zero-order chi connectivity index (χ0) is 30.2. The average Bonchev–Trinajstić information content (AvgIpc) is 2.92. The molecule has 1 saturated heterocycles. The SMILES string of the molecule is CC(=N)N1CCC(CCOc2cc(C(=O)O)cc(-c3cccc(C(=N)NC(=O)OC(C)(C)COC(C)=O)c3)c2)CC1. The number of piperidine rings is 1. The molecular weight excluding hydrogens is 528 g/mol. The van der Waals surface area contributed by atoms with Gasteiger partial charge in [0.15, 0.2) is 0 Å². The van der Waals surface area contributed by atoms with Crippen LogP contribution in [0.4, 0.5) is 4.79 Å². The van der Waals surface area contributed by atoms with Gasteiger partial charge in [-0.1, -0.05) is 18.2 Å². The van der Waals surface area contributed by atoms with E-state index in [1.165, 1.54) is 19.1 Å². The van der Waals surface area contributed by atoms with E-state index in [4.69, 9.17) is 25.0 Å². The third-order valence-corrected chi connectivity index (χ3v) is 6.74. The number of benzene rings is 2. The molecule has 2 aromatic rings. The molecule has 3 rings (SSSR count). The molecule has 0 atom stereocenters. The minimum Gasteiger partial charge on any atom is -0.494 e. The molecule has 11 nitrogen and oxygen atoms in total. The maximum atomic E-state index is 12.4. The molecule has 1 aliphatic rings. The third kappa shape index (κ3) is 9.63. The van der Waals surface area contributed by atoms with Crippen molar-refractivity contribution >= 4 is 29.7 Å². The second-order valence-electron chi connectivity index (χ2n) is 10.7. The summed E-state index contributed by atoms with van der Waals surface area (Å²) in [5, 5.41) is 28.2. The summed E-state index contributed by atoms with van der Waals surface area (Å²) in [4.78, 5) is 37.3. The van der Waals surface area contributed by atoms with Crippen LogP contribution >= 0.6 is 0 Å². The number of aromatic carboxylic acids is 1. The standard InChI is InChI=1S/C30H38N4O7/c1-19(31)34-11-8-21(9-12-34)10-13-39-26-16-24(15-25(17-26)28(36)37)22-6-5-7-23(14-22)27(32)33-29(38)41-30(3,4)18-40-20(2)35/h5-7,14-17,21,31H,8-13,18H2,1-4H3,(H,36,37)(H2,32,33,38). The molecule has 1 aliphatic heterocycles. The molecule has 0 spiro atoms. The van der Waals surface area contributed by atoms with E-state index in [-0.39, 0.29) is 18.0 Å². The van der Waals surface area contributed by atoms with Gasteiger partial charge < -0.3 is 24.2 Å². The van der Waals surface area contributed by atoms with Gasteiger partial charge in [-0.2, -0.15) is 0 Å². The van der Waals surface area contributed by atoms with E-state index in [0.29, 0.717) is 40.8 Å². The molecule has 220 valence electrons. The molecule has 1 amide bonds. The smallest absolute Gasteiger partial charge is 0.413 e. The number of nitrogens with zero attached hydrogens (tertiary/aromatic N) is 1. The number of amides is 1. The highest BCUT2D eigenvalue weighted by atomic mass is 16.6. The number of likely N-dealkylation sites (tertiary alicyclic amines) is 1. The van der Waals surface area contributed by atoms with E-state index in [2.05, 4.69) is 10.2 Å². The van der Waals surface area contributed by atoms with Crippen LogP contribution in [-0.2, 0) is 14.3 Å². The van der Waals surface area contributed by atoms with E-state index < -0.39 is 23.6 Å². The highest BCUT2D eigenvalue weighted by Gasteiger charge is 2.25. The monoisotopic (exact) mass is 566 g/mol. The minimum atomic E-state index is -1.09. The molecule has 1 heterocycles. The summed E-state index contributed by atoms with van der Waals surface area (Å²) in [6.45, 7) is 8.26. The quantitative estimate of drug-likeness (QED) is 0.179. The average molecular weight is 567 g/mol. The topological polar surface area (TPSA) is 162 Å². The second kappa shape index (κ2) is 13.8. The van der Waals surface area contributed by atoms with Crippen molar-refractivity contribution in [1.82, 2.24) is 10.2 Å². The number of amidine groups is 2. The van der Waals surface area contributed by atoms with Crippen LogP contribution < -0.4 is 10.1 Å². The van der Waals surface area contributed by atoms with Crippen molar-refractivity contribution < 1.29 is 33.7 Å². The van der Waals surface area contributed by atoms with Gasteiger partial charge in [-0.3, -0.25) is 20.9 Å². The Labute approximate surface area is 239 Å². The van der Waals surface area contributed by atoms with Crippen LogP contribution in [0.15, 0.2) is 42.5 Å². The van der Waals surface area contributed by atoms with E-state index >= 15 is 0 Å². The van der Waals surface area contributed by atoms with Gasteiger partial charge in [0.1, 0.15) is 23.8 Å². The lowest BCUT2D eigenvalue weighted by molar-refractivity contribution is -0.147. The molecule has 2 aromatic carbocycles. The van der Waals surface area contributed by atoms with Crippen LogP contribution in [0.3, 0.4) is 0 Å². The number of ether oxygens (including phenoxy) is 3. The molecule has 4 N–H and O–H groups in total. The lowest BCUT2D eigenvalue weighted by Crippen LogP contribution is -2.40. The first-order valence-electron chi connectivity index (χ1n) is 13.5. The predicted molar refractivity (Wildman–Crippen MR) is 154 cm³/mol. The Hall–Kier alpha value is -4.41. The number of nitrogens with one attached hydrogen (secondary N) is 3. The molecule has 0 unspecified atom stereocenters. The first-order valence-corrected chi connectivity index (χ1v) is 13.5. The van der Waals surface area contributed by atoms with Crippen LogP contribution in [0.25, 0.3) is 11.1 Å². The van der Waals surface area contributed by atoms with E-state index in [1.807, 2.05) is 0 Å². The summed E-state index contributed by atoms with van der Waals surface area (Å²) in [5.41, 5.74) is 0.591. The Morgan fingerprint density at radius 1 is 1.02 bits per heavy atom. The predicted octanol–water partition coefficient (Wildman–Crippen LogP) is 4.92. The van der Waals surface area contributed by atoms with Crippen LogP contribution in [0.2, 0.25) is 0 Å². The van der Waals surface area contributed by atoms with Gasteiger partial charge in [0.05, 0.1) is 18.0 Å². The highest BCUT2D eigenvalue weighted by molar-refractivity contribution is 6.05. The normalized spacial score (nSPS) is 13.7. The molecule has 0 saturated carbocycles. The van der Waals surface area contributed by atoms with Crippen molar-refractivity contribution in [3.8, 4) is 16.9 Å². The van der Waals surface area contributed by atoms with Gasteiger partial charge in [-0.05, 0) is 81.3 Å². The fourth-order valence-electron chi connectivity index (χ4n) is 4.48. The number of hydrogen-bond acceptors (Lipinski definition) is 8. The van der Waals surface area contributed by atoms with Crippen molar-refractivity contribution in [3.05, 3.63) is 53.6 Å². The zero-order valence-corrected chi connectivity index (χ0v) is 23.9. The summed E-state index contributed by atoms with van der Waals surface area (Å²) in [6, 6.07) is 11.6. The minimum absolute atomic E-state index is 0.0736. The van der Waals surface area contributed by atoms with Crippen LogP contribution in [0.5, 0.6) is 5.75 Å². The number of carboxylic acids is 1. The van der Waals surface area contributed by atoms with E-state index in [9.17, 15) is 19.5 Å². The fourth-order valence-corrected chi connectivity index (χ4v) is 4.48. The molecule has 0 aliphatic carbocycles.